The van der Waals surface area contributed by atoms with Gasteiger partial charge in [-0.05, 0) is 40.6 Å². The lowest BCUT2D eigenvalue weighted by Crippen LogP contribution is -1.93. The van der Waals surface area contributed by atoms with E-state index in [4.69, 9.17) is 0 Å². The van der Waals surface area contributed by atoms with Crippen LogP contribution in [0.2, 0.25) is 0 Å². The van der Waals surface area contributed by atoms with Crippen LogP contribution in [-0.4, -0.2) is 18.2 Å². The average molecular weight is 228 g/mol. The normalized spacial score (nSPS) is 10.9. The molecule has 86 valence electrons. The number of rotatable bonds is 2. The van der Waals surface area contributed by atoms with Crippen molar-refractivity contribution in [2.45, 2.75) is 0 Å². The Morgan fingerprint density at radius 2 is 1.94 bits per heavy atom. The second-order valence-corrected chi connectivity index (χ2v) is 3.65. The minimum absolute atomic E-state index is 0.228. The molecule has 0 aliphatic rings. The summed E-state index contributed by atoms with van der Waals surface area (Å²) in [5.41, 5.74) is 0.883. The first kappa shape index (κ1) is 11.2. The van der Waals surface area contributed by atoms with Gasteiger partial charge in [-0.1, -0.05) is 18.2 Å². The molecule has 3 heteroatoms. The molecule has 0 aliphatic heterocycles. The van der Waals surface area contributed by atoms with E-state index in [9.17, 15) is 9.90 Å². The van der Waals surface area contributed by atoms with E-state index in [1.54, 1.807) is 18.2 Å². The van der Waals surface area contributed by atoms with E-state index in [1.807, 2.05) is 24.3 Å². The zero-order valence-corrected chi connectivity index (χ0v) is 9.38. The van der Waals surface area contributed by atoms with E-state index in [2.05, 4.69) is 4.74 Å². The van der Waals surface area contributed by atoms with Gasteiger partial charge in [0.1, 0.15) is 5.75 Å². The predicted octanol–water partition coefficient (Wildman–Crippen LogP) is 2.73. The van der Waals surface area contributed by atoms with Gasteiger partial charge in [0.25, 0.3) is 0 Å². The Kier molecular flexibility index (Phi) is 3.10. The van der Waals surface area contributed by atoms with Crippen LogP contribution in [0.25, 0.3) is 16.8 Å². The van der Waals surface area contributed by atoms with Crippen molar-refractivity contribution in [1.82, 2.24) is 0 Å². The van der Waals surface area contributed by atoms with Gasteiger partial charge in [-0.2, -0.15) is 0 Å². The monoisotopic (exact) mass is 228 g/mol. The fraction of sp³-hybridized carbons (Fsp3) is 0.0714. The van der Waals surface area contributed by atoms with Gasteiger partial charge < -0.3 is 9.84 Å². The molecule has 0 unspecified atom stereocenters. The standard InChI is InChI=1S/C14H12O3/c1-17-14(16)7-3-10-2-4-11-5-6-13(15)9-12(11)8-10/h2-9,15H,1H3. The molecule has 0 saturated carbocycles. The second kappa shape index (κ2) is 4.70. The Hall–Kier alpha value is -2.29. The number of carbonyl (C=O) groups excluding carboxylic acids is 1. The predicted molar refractivity (Wildman–Crippen MR) is 66.7 cm³/mol. The molecule has 2 aromatic carbocycles. The van der Waals surface area contributed by atoms with Crippen molar-refractivity contribution in [2.24, 2.45) is 0 Å². The summed E-state index contributed by atoms with van der Waals surface area (Å²) < 4.78 is 4.51. The number of fused-ring (bicyclic) bond motifs is 1. The van der Waals surface area contributed by atoms with E-state index in [1.165, 1.54) is 13.2 Å². The summed E-state index contributed by atoms with van der Waals surface area (Å²) in [6.45, 7) is 0. The lowest BCUT2D eigenvalue weighted by Gasteiger charge is -2.00. The van der Waals surface area contributed by atoms with Crippen molar-refractivity contribution in [3.8, 4) is 5.75 Å². The molecule has 0 amide bonds. The third-order valence-corrected chi connectivity index (χ3v) is 2.46. The first-order chi connectivity index (χ1) is 8.19. The Morgan fingerprint density at radius 3 is 2.71 bits per heavy atom. The quantitative estimate of drug-likeness (QED) is 0.635. The number of carbonyl (C=O) groups is 1. The van der Waals surface area contributed by atoms with Gasteiger partial charge in [0.2, 0.25) is 0 Å². The number of phenols is 1. The van der Waals surface area contributed by atoms with Gasteiger partial charge in [0.05, 0.1) is 7.11 Å². The highest BCUT2D eigenvalue weighted by Crippen LogP contribution is 2.21. The van der Waals surface area contributed by atoms with Gasteiger partial charge in [0, 0.05) is 6.08 Å². The van der Waals surface area contributed by atoms with Gasteiger partial charge in [-0.3, -0.25) is 0 Å². The molecule has 2 aromatic rings. The highest BCUT2D eigenvalue weighted by Gasteiger charge is 1.97. The summed E-state index contributed by atoms with van der Waals surface area (Å²) in [5.74, 6) is -0.160. The molecule has 0 aromatic heterocycles. The fourth-order valence-corrected chi connectivity index (χ4v) is 1.59. The molecule has 2 rings (SSSR count). The summed E-state index contributed by atoms with van der Waals surface area (Å²) in [6, 6.07) is 10.9. The molecule has 0 bridgehead atoms. The number of methoxy groups -OCH3 is 1. The van der Waals surface area contributed by atoms with E-state index in [0.717, 1.165) is 16.3 Å². The molecule has 0 spiro atoms. The van der Waals surface area contributed by atoms with E-state index in [0.29, 0.717) is 0 Å². The fourth-order valence-electron chi connectivity index (χ4n) is 1.59. The minimum Gasteiger partial charge on any atom is -0.508 e. The number of esters is 1. The Morgan fingerprint density at radius 1 is 1.18 bits per heavy atom. The van der Waals surface area contributed by atoms with Gasteiger partial charge in [-0.15, -0.1) is 0 Å². The zero-order valence-electron chi connectivity index (χ0n) is 9.38. The number of hydrogen-bond acceptors (Lipinski definition) is 3. The van der Waals surface area contributed by atoms with Crippen molar-refractivity contribution in [3.05, 3.63) is 48.0 Å². The number of phenolic OH excluding ortho intramolecular Hbond substituents is 1. The summed E-state index contributed by atoms with van der Waals surface area (Å²) in [4.78, 5) is 11.0. The molecule has 17 heavy (non-hydrogen) atoms. The first-order valence-corrected chi connectivity index (χ1v) is 5.18. The van der Waals surface area contributed by atoms with Gasteiger partial charge in [0.15, 0.2) is 0 Å². The average Bonchev–Trinajstić information content (AvgIpc) is 2.35. The van der Waals surface area contributed by atoms with Crippen LogP contribution in [0.4, 0.5) is 0 Å². The maximum atomic E-state index is 11.0. The molecule has 0 aliphatic carbocycles. The van der Waals surface area contributed by atoms with E-state index < -0.39 is 0 Å². The second-order valence-electron chi connectivity index (χ2n) is 3.65. The van der Waals surface area contributed by atoms with Crippen LogP contribution in [-0.2, 0) is 9.53 Å². The summed E-state index contributed by atoms with van der Waals surface area (Å²) >= 11 is 0. The Labute approximate surface area is 99.0 Å². The molecule has 0 atom stereocenters. The number of ether oxygens (including phenoxy) is 1. The van der Waals surface area contributed by atoms with Gasteiger partial charge in [-0.25, -0.2) is 4.79 Å². The number of benzene rings is 2. The highest BCUT2D eigenvalue weighted by molar-refractivity contribution is 5.90. The molecular weight excluding hydrogens is 216 g/mol. The van der Waals surface area contributed by atoms with Crippen LogP contribution in [0.15, 0.2) is 42.5 Å². The maximum absolute atomic E-state index is 11.0. The van der Waals surface area contributed by atoms with Crippen molar-refractivity contribution in [2.75, 3.05) is 7.11 Å². The van der Waals surface area contributed by atoms with Gasteiger partial charge >= 0.3 is 5.97 Å². The van der Waals surface area contributed by atoms with Crippen LogP contribution in [0.3, 0.4) is 0 Å². The van der Waals surface area contributed by atoms with Crippen LogP contribution in [0.5, 0.6) is 5.75 Å². The topological polar surface area (TPSA) is 46.5 Å². The Bertz CT molecular complexity index is 585. The molecule has 0 heterocycles. The highest BCUT2D eigenvalue weighted by atomic mass is 16.5. The largest absolute Gasteiger partial charge is 0.508 e. The van der Waals surface area contributed by atoms with Crippen LogP contribution in [0.1, 0.15) is 5.56 Å². The lowest BCUT2D eigenvalue weighted by molar-refractivity contribution is -0.134. The molecular formula is C14H12O3. The summed E-state index contributed by atoms with van der Waals surface area (Å²) in [5, 5.41) is 11.4. The third-order valence-electron chi connectivity index (χ3n) is 2.46. The summed E-state index contributed by atoms with van der Waals surface area (Å²) in [7, 11) is 1.34. The molecule has 0 radical (unpaired) electrons. The number of aromatic hydroxyl groups is 1. The molecule has 3 nitrogen and oxygen atoms in total. The smallest absolute Gasteiger partial charge is 0.330 e. The minimum atomic E-state index is -0.388. The summed E-state index contributed by atoms with van der Waals surface area (Å²) in [6.07, 6.45) is 3.04. The van der Waals surface area contributed by atoms with Crippen molar-refractivity contribution >= 4 is 22.8 Å². The lowest BCUT2D eigenvalue weighted by atomic mass is 10.1. The van der Waals surface area contributed by atoms with E-state index in [-0.39, 0.29) is 11.7 Å². The third kappa shape index (κ3) is 2.64. The van der Waals surface area contributed by atoms with Crippen LogP contribution in [0, 0.1) is 0 Å². The van der Waals surface area contributed by atoms with E-state index >= 15 is 0 Å². The van der Waals surface area contributed by atoms with Crippen molar-refractivity contribution in [1.29, 1.82) is 0 Å². The molecule has 0 fully saturated rings. The first-order valence-electron chi connectivity index (χ1n) is 5.18. The van der Waals surface area contributed by atoms with Crippen LogP contribution >= 0.6 is 0 Å². The van der Waals surface area contributed by atoms with Crippen molar-refractivity contribution in [3.63, 3.8) is 0 Å². The molecule has 1 N–H and O–H groups in total. The molecule has 0 saturated heterocycles. The van der Waals surface area contributed by atoms with Crippen LogP contribution < -0.4 is 0 Å². The Balaban J connectivity index is 2.37. The maximum Gasteiger partial charge on any atom is 0.330 e. The SMILES string of the molecule is COC(=O)C=Cc1ccc2ccc(O)cc2c1. The number of hydrogen-bond donors (Lipinski definition) is 1. The zero-order chi connectivity index (χ0) is 12.3. The van der Waals surface area contributed by atoms with Crippen molar-refractivity contribution < 1.29 is 14.6 Å².